The molecule has 23 heavy (non-hydrogen) atoms. The zero-order valence-corrected chi connectivity index (χ0v) is 14.6. The first-order chi connectivity index (χ1) is 11.0. The number of nitrogens with zero attached hydrogens (tertiary/aromatic N) is 1. The van der Waals surface area contributed by atoms with Crippen LogP contribution >= 0.6 is 0 Å². The van der Waals surface area contributed by atoms with E-state index in [1.54, 1.807) is 11.8 Å². The van der Waals surface area contributed by atoms with Crippen molar-refractivity contribution in [3.05, 3.63) is 0 Å². The van der Waals surface area contributed by atoms with E-state index in [1.807, 2.05) is 0 Å². The minimum absolute atomic E-state index is 0.0644. The van der Waals surface area contributed by atoms with Crippen LogP contribution in [0.5, 0.6) is 0 Å². The fourth-order valence-electron chi connectivity index (χ4n) is 3.48. The molecule has 0 aromatic heterocycles. The first-order valence-electron chi connectivity index (χ1n) is 8.72. The largest absolute Gasteiger partial charge is 0.376 e. The maximum absolute atomic E-state index is 12.8. The topological polar surface area (TPSA) is 72.9 Å². The Morgan fingerprint density at radius 2 is 2.00 bits per heavy atom. The van der Waals surface area contributed by atoms with Gasteiger partial charge in [0.1, 0.15) is 6.10 Å². The number of rotatable bonds is 6. The van der Waals surface area contributed by atoms with E-state index in [0.717, 1.165) is 38.7 Å². The van der Waals surface area contributed by atoms with Gasteiger partial charge in [-0.15, -0.1) is 0 Å². The van der Waals surface area contributed by atoms with E-state index in [2.05, 4.69) is 0 Å². The predicted molar refractivity (Wildman–Crippen MR) is 85.9 cm³/mol. The van der Waals surface area contributed by atoms with Gasteiger partial charge < -0.3 is 14.4 Å². The molecule has 132 valence electrons. The summed E-state index contributed by atoms with van der Waals surface area (Å²) in [5.41, 5.74) is 0. The summed E-state index contributed by atoms with van der Waals surface area (Å²) in [6, 6.07) is 0.0368. The molecule has 0 aromatic carbocycles. The monoisotopic (exact) mass is 345 g/mol. The Morgan fingerprint density at radius 3 is 2.57 bits per heavy atom. The zero-order chi connectivity index (χ0) is 16.4. The van der Waals surface area contributed by atoms with Crippen molar-refractivity contribution >= 4 is 15.7 Å². The van der Waals surface area contributed by atoms with E-state index in [-0.39, 0.29) is 35.6 Å². The van der Waals surface area contributed by atoms with Gasteiger partial charge in [-0.2, -0.15) is 0 Å². The van der Waals surface area contributed by atoms with Crippen molar-refractivity contribution in [2.24, 2.45) is 0 Å². The van der Waals surface area contributed by atoms with E-state index >= 15 is 0 Å². The Morgan fingerprint density at radius 1 is 1.22 bits per heavy atom. The minimum Gasteiger partial charge on any atom is -0.376 e. The molecule has 3 aliphatic rings. The molecule has 6 nitrogen and oxygen atoms in total. The lowest BCUT2D eigenvalue weighted by atomic mass is 10.1. The third kappa shape index (κ3) is 4.45. The van der Waals surface area contributed by atoms with Gasteiger partial charge in [-0.05, 0) is 45.4 Å². The quantitative estimate of drug-likeness (QED) is 0.722. The van der Waals surface area contributed by atoms with Gasteiger partial charge in [-0.1, -0.05) is 0 Å². The average molecular weight is 345 g/mol. The highest BCUT2D eigenvalue weighted by atomic mass is 32.2. The number of carbonyl (C=O) groups is 1. The zero-order valence-electron chi connectivity index (χ0n) is 13.8. The Balaban J connectivity index is 1.55. The molecule has 0 aromatic rings. The molecule has 0 radical (unpaired) electrons. The van der Waals surface area contributed by atoms with Crippen LogP contribution in [-0.4, -0.2) is 68.2 Å². The van der Waals surface area contributed by atoms with Crippen molar-refractivity contribution in [3.63, 3.8) is 0 Å². The Kier molecular flexibility index (Phi) is 5.28. The minimum atomic E-state index is -2.99. The first-order valence-corrected chi connectivity index (χ1v) is 10.5. The predicted octanol–water partition coefficient (Wildman–Crippen LogP) is 1.14. The molecule has 3 unspecified atom stereocenters. The van der Waals surface area contributed by atoms with Crippen LogP contribution in [0.4, 0.5) is 0 Å². The van der Waals surface area contributed by atoms with Crippen molar-refractivity contribution in [3.8, 4) is 0 Å². The highest BCUT2D eigenvalue weighted by Gasteiger charge is 2.43. The van der Waals surface area contributed by atoms with Crippen LogP contribution in [0.1, 0.15) is 45.4 Å². The summed E-state index contributed by atoms with van der Waals surface area (Å²) < 4.78 is 34.8. The van der Waals surface area contributed by atoms with Crippen molar-refractivity contribution in [2.45, 2.75) is 69.7 Å². The van der Waals surface area contributed by atoms with E-state index in [9.17, 15) is 13.2 Å². The van der Waals surface area contributed by atoms with Crippen LogP contribution in [0.2, 0.25) is 0 Å². The molecule has 1 aliphatic carbocycles. The molecular weight excluding hydrogens is 318 g/mol. The SMILES string of the molecule is CC(OCC1CCCCO1)C(=O)N(C1CC1)C1CCS(=O)(=O)C1. The van der Waals surface area contributed by atoms with Crippen LogP contribution in [0.25, 0.3) is 0 Å². The number of ether oxygens (including phenoxy) is 2. The molecular formula is C16H27NO5S. The average Bonchev–Trinajstić information content (AvgIpc) is 3.29. The molecule has 2 saturated heterocycles. The molecule has 0 bridgehead atoms. The fraction of sp³-hybridized carbons (Fsp3) is 0.938. The van der Waals surface area contributed by atoms with Gasteiger partial charge in [0.2, 0.25) is 0 Å². The Bertz CT molecular complexity index is 525. The Hall–Kier alpha value is -0.660. The summed E-state index contributed by atoms with van der Waals surface area (Å²) in [6.45, 7) is 2.98. The van der Waals surface area contributed by atoms with E-state index in [0.29, 0.717) is 13.0 Å². The number of sulfone groups is 1. The van der Waals surface area contributed by atoms with Gasteiger partial charge in [0.15, 0.2) is 9.84 Å². The maximum Gasteiger partial charge on any atom is 0.251 e. The second kappa shape index (κ2) is 7.07. The van der Waals surface area contributed by atoms with E-state index < -0.39 is 15.9 Å². The van der Waals surface area contributed by atoms with Gasteiger partial charge in [0, 0.05) is 18.7 Å². The van der Waals surface area contributed by atoms with Crippen LogP contribution in [0.3, 0.4) is 0 Å². The lowest BCUT2D eigenvalue weighted by Crippen LogP contribution is -2.48. The third-order valence-electron chi connectivity index (χ3n) is 4.95. The molecule has 3 rings (SSSR count). The molecule has 3 atom stereocenters. The fourth-order valence-corrected chi connectivity index (χ4v) is 5.19. The highest BCUT2D eigenvalue weighted by Crippen LogP contribution is 2.33. The molecule has 2 heterocycles. The maximum atomic E-state index is 12.8. The Labute approximate surface area is 138 Å². The third-order valence-corrected chi connectivity index (χ3v) is 6.70. The number of hydrogen-bond donors (Lipinski definition) is 0. The summed E-state index contributed by atoms with van der Waals surface area (Å²) in [7, 11) is -2.99. The molecule has 3 fully saturated rings. The summed E-state index contributed by atoms with van der Waals surface area (Å²) in [4.78, 5) is 14.6. The van der Waals surface area contributed by atoms with Crippen LogP contribution in [0, 0.1) is 0 Å². The second-order valence-electron chi connectivity index (χ2n) is 7.00. The van der Waals surface area contributed by atoms with Crippen molar-refractivity contribution < 1.29 is 22.7 Å². The van der Waals surface area contributed by atoms with Gasteiger partial charge in [-0.25, -0.2) is 8.42 Å². The molecule has 0 N–H and O–H groups in total. The van der Waals surface area contributed by atoms with Crippen LogP contribution < -0.4 is 0 Å². The molecule has 0 spiro atoms. The number of amides is 1. The molecule has 7 heteroatoms. The summed E-state index contributed by atoms with van der Waals surface area (Å²) in [5.74, 6) is 0.234. The highest BCUT2D eigenvalue weighted by molar-refractivity contribution is 7.91. The van der Waals surface area contributed by atoms with Crippen LogP contribution in [0.15, 0.2) is 0 Å². The van der Waals surface area contributed by atoms with E-state index in [4.69, 9.17) is 9.47 Å². The lowest BCUT2D eigenvalue weighted by Gasteiger charge is -2.31. The standard InChI is InChI=1S/C16H27NO5S/c1-12(22-10-15-4-2-3-8-21-15)16(18)17(13-5-6-13)14-7-9-23(19,20)11-14/h12-15H,2-11H2,1H3. The summed E-state index contributed by atoms with van der Waals surface area (Å²) >= 11 is 0. The normalized spacial score (nSPS) is 31.7. The first kappa shape index (κ1) is 17.2. The van der Waals surface area contributed by atoms with Gasteiger partial charge in [0.25, 0.3) is 5.91 Å². The molecule has 2 aliphatic heterocycles. The van der Waals surface area contributed by atoms with Crippen LogP contribution in [-0.2, 0) is 24.1 Å². The van der Waals surface area contributed by atoms with Gasteiger partial charge in [-0.3, -0.25) is 4.79 Å². The lowest BCUT2D eigenvalue weighted by molar-refractivity contribution is -0.148. The molecule has 1 amide bonds. The van der Waals surface area contributed by atoms with Crippen molar-refractivity contribution in [2.75, 3.05) is 24.7 Å². The van der Waals surface area contributed by atoms with Gasteiger partial charge in [0.05, 0.1) is 24.2 Å². The van der Waals surface area contributed by atoms with E-state index in [1.165, 1.54) is 0 Å². The van der Waals surface area contributed by atoms with Crippen molar-refractivity contribution in [1.82, 2.24) is 4.90 Å². The van der Waals surface area contributed by atoms with Gasteiger partial charge >= 0.3 is 0 Å². The second-order valence-corrected chi connectivity index (χ2v) is 9.23. The number of carbonyl (C=O) groups excluding carboxylic acids is 1. The summed E-state index contributed by atoms with van der Waals surface area (Å²) in [5, 5.41) is 0. The van der Waals surface area contributed by atoms with Crippen molar-refractivity contribution in [1.29, 1.82) is 0 Å². The smallest absolute Gasteiger partial charge is 0.251 e. The number of hydrogen-bond acceptors (Lipinski definition) is 5. The summed E-state index contributed by atoms with van der Waals surface area (Å²) in [6.07, 6.45) is 5.27. The molecule has 1 saturated carbocycles.